The van der Waals surface area contributed by atoms with Gasteiger partial charge >= 0.3 is 0 Å². The van der Waals surface area contributed by atoms with Crippen LogP contribution in [0.2, 0.25) is 0 Å². The summed E-state index contributed by atoms with van der Waals surface area (Å²) in [5, 5.41) is 1.18. The van der Waals surface area contributed by atoms with Crippen LogP contribution in [-0.4, -0.2) is 0 Å². The zero-order valence-corrected chi connectivity index (χ0v) is 19.6. The van der Waals surface area contributed by atoms with Gasteiger partial charge in [-0.15, -0.1) is 0 Å². The molecule has 0 aliphatic rings. The third-order valence-corrected chi connectivity index (χ3v) is 6.13. The number of halogens is 4. The fraction of sp³-hybridized carbons (Fsp3) is 0.226. The number of rotatable bonds is 7. The molecular formula is C31H26F4. The maximum Gasteiger partial charge on any atom is 0.194 e. The highest BCUT2D eigenvalue weighted by molar-refractivity contribution is 5.85. The highest BCUT2D eigenvalue weighted by atomic mass is 19.2. The average molecular weight is 475 g/mol. The zero-order valence-electron chi connectivity index (χ0n) is 19.6. The average Bonchev–Trinajstić information content (AvgIpc) is 2.86. The lowest BCUT2D eigenvalue weighted by Gasteiger charge is -2.08. The van der Waals surface area contributed by atoms with Crippen molar-refractivity contribution in [3.63, 3.8) is 0 Å². The van der Waals surface area contributed by atoms with E-state index in [1.54, 1.807) is 18.2 Å². The van der Waals surface area contributed by atoms with Gasteiger partial charge in [0.1, 0.15) is 5.82 Å². The Bertz CT molecular complexity index is 1370. The van der Waals surface area contributed by atoms with Gasteiger partial charge in [-0.25, -0.2) is 17.6 Å². The smallest absolute Gasteiger partial charge is 0.194 e. The van der Waals surface area contributed by atoms with E-state index in [1.165, 1.54) is 24.8 Å². The molecule has 178 valence electrons. The van der Waals surface area contributed by atoms with E-state index >= 15 is 4.39 Å². The predicted octanol–water partition coefficient (Wildman–Crippen LogP) is 8.31. The third kappa shape index (κ3) is 6.11. The third-order valence-electron chi connectivity index (χ3n) is 6.13. The second kappa shape index (κ2) is 11.2. The summed E-state index contributed by atoms with van der Waals surface area (Å²) in [6.45, 7) is 2.20. The number of fused-ring (bicyclic) bond motifs is 1. The molecule has 0 unspecified atom stereocenters. The van der Waals surface area contributed by atoms with Crippen molar-refractivity contribution in [2.75, 3.05) is 0 Å². The van der Waals surface area contributed by atoms with E-state index in [-0.39, 0.29) is 24.2 Å². The summed E-state index contributed by atoms with van der Waals surface area (Å²) in [4.78, 5) is 0. The van der Waals surface area contributed by atoms with Crippen molar-refractivity contribution in [1.29, 1.82) is 0 Å². The minimum Gasteiger partial charge on any atom is -0.206 e. The van der Waals surface area contributed by atoms with Crippen LogP contribution in [0.3, 0.4) is 0 Å². The number of unbranched alkanes of at least 4 members (excludes halogenated alkanes) is 2. The molecule has 0 spiro atoms. The number of aryl methyl sites for hydroxylation is 3. The van der Waals surface area contributed by atoms with Gasteiger partial charge in [-0.2, -0.15) is 0 Å². The van der Waals surface area contributed by atoms with Crippen molar-refractivity contribution in [3.8, 4) is 11.8 Å². The Morgan fingerprint density at radius 2 is 1.29 bits per heavy atom. The Morgan fingerprint density at radius 3 is 2.00 bits per heavy atom. The van der Waals surface area contributed by atoms with Gasteiger partial charge in [-0.1, -0.05) is 61.9 Å². The van der Waals surface area contributed by atoms with Crippen molar-refractivity contribution in [2.24, 2.45) is 0 Å². The van der Waals surface area contributed by atoms with E-state index in [1.807, 2.05) is 24.3 Å². The van der Waals surface area contributed by atoms with E-state index in [2.05, 4.69) is 30.9 Å². The maximum atomic E-state index is 15.1. The SMILES string of the molecule is CCCCCc1ccc(C#Cc2ccc3c(F)c(CCc4cc(F)c(F)c(F)c4)ccc3c2)cc1. The minimum absolute atomic E-state index is 0.192. The van der Waals surface area contributed by atoms with E-state index in [9.17, 15) is 13.2 Å². The highest BCUT2D eigenvalue weighted by Crippen LogP contribution is 2.24. The molecule has 0 nitrogen and oxygen atoms in total. The standard InChI is InChI=1S/C31H26F4/c1-2-3-4-5-21-6-8-22(9-7-21)10-11-23-13-17-27-26(18-23)16-15-25(30(27)34)14-12-24-19-28(32)31(35)29(33)20-24/h6-9,13,15-20H,2-5,12,14H2,1H3. The molecule has 0 aromatic heterocycles. The van der Waals surface area contributed by atoms with Crippen molar-refractivity contribution in [2.45, 2.75) is 45.4 Å². The van der Waals surface area contributed by atoms with Crippen LogP contribution in [0, 0.1) is 35.1 Å². The van der Waals surface area contributed by atoms with Crippen LogP contribution >= 0.6 is 0 Å². The Morgan fingerprint density at radius 1 is 0.600 bits per heavy atom. The fourth-order valence-electron chi connectivity index (χ4n) is 4.12. The molecule has 4 aromatic carbocycles. The lowest BCUT2D eigenvalue weighted by atomic mass is 9.99. The summed E-state index contributed by atoms with van der Waals surface area (Å²) >= 11 is 0. The van der Waals surface area contributed by atoms with Crippen LogP contribution in [-0.2, 0) is 19.3 Å². The molecule has 4 aromatic rings. The molecule has 0 heterocycles. The second-order valence-electron chi connectivity index (χ2n) is 8.75. The van der Waals surface area contributed by atoms with Gasteiger partial charge in [-0.05, 0) is 84.2 Å². The Hall–Kier alpha value is -3.58. The molecule has 0 N–H and O–H groups in total. The first-order chi connectivity index (χ1) is 16.9. The minimum atomic E-state index is -1.50. The summed E-state index contributed by atoms with van der Waals surface area (Å²) in [7, 11) is 0. The summed E-state index contributed by atoms with van der Waals surface area (Å²) in [6, 6.07) is 19.0. The first kappa shape index (κ1) is 24.5. The van der Waals surface area contributed by atoms with E-state index in [4.69, 9.17) is 0 Å². The van der Waals surface area contributed by atoms with Gasteiger partial charge in [0.25, 0.3) is 0 Å². The van der Waals surface area contributed by atoms with Gasteiger partial charge in [0.2, 0.25) is 0 Å². The molecule has 0 aliphatic carbocycles. The topological polar surface area (TPSA) is 0 Å². The number of hydrogen-bond acceptors (Lipinski definition) is 0. The van der Waals surface area contributed by atoms with Gasteiger partial charge in [0.05, 0.1) is 0 Å². The summed E-state index contributed by atoms with van der Waals surface area (Å²) < 4.78 is 55.1. The van der Waals surface area contributed by atoms with Gasteiger partial charge in [0.15, 0.2) is 17.5 Å². The van der Waals surface area contributed by atoms with Gasteiger partial charge in [-0.3, -0.25) is 0 Å². The van der Waals surface area contributed by atoms with Gasteiger partial charge < -0.3 is 0 Å². The summed E-state index contributed by atoms with van der Waals surface area (Å²) in [5.41, 5.74) is 3.74. The van der Waals surface area contributed by atoms with E-state index < -0.39 is 17.5 Å². The van der Waals surface area contributed by atoms with Gasteiger partial charge in [0, 0.05) is 16.5 Å². The van der Waals surface area contributed by atoms with Crippen molar-refractivity contribution in [1.82, 2.24) is 0 Å². The molecule has 0 aliphatic heterocycles. The molecule has 35 heavy (non-hydrogen) atoms. The molecule has 0 saturated carbocycles. The van der Waals surface area contributed by atoms with E-state index in [0.29, 0.717) is 10.9 Å². The lowest BCUT2D eigenvalue weighted by Crippen LogP contribution is -1.99. The molecule has 0 radical (unpaired) electrons. The quantitative estimate of drug-likeness (QED) is 0.109. The van der Waals surface area contributed by atoms with Crippen LogP contribution in [0.5, 0.6) is 0 Å². The second-order valence-corrected chi connectivity index (χ2v) is 8.75. The molecule has 0 fully saturated rings. The fourth-order valence-corrected chi connectivity index (χ4v) is 4.12. The largest absolute Gasteiger partial charge is 0.206 e. The maximum absolute atomic E-state index is 15.1. The number of hydrogen-bond donors (Lipinski definition) is 0. The Labute approximate surface area is 203 Å². The normalized spacial score (nSPS) is 10.9. The monoisotopic (exact) mass is 474 g/mol. The molecule has 4 heteroatoms. The van der Waals surface area contributed by atoms with Crippen LogP contribution in [0.15, 0.2) is 66.7 Å². The molecule has 4 rings (SSSR count). The molecule has 0 bridgehead atoms. The zero-order chi connectivity index (χ0) is 24.8. The molecule has 0 atom stereocenters. The summed E-state index contributed by atoms with van der Waals surface area (Å²) in [5.74, 6) is 1.96. The highest BCUT2D eigenvalue weighted by Gasteiger charge is 2.12. The first-order valence-electron chi connectivity index (χ1n) is 11.9. The van der Waals surface area contributed by atoms with Crippen molar-refractivity contribution >= 4 is 10.8 Å². The molecular weight excluding hydrogens is 448 g/mol. The van der Waals surface area contributed by atoms with Crippen LogP contribution in [0.4, 0.5) is 17.6 Å². The first-order valence-corrected chi connectivity index (χ1v) is 11.9. The van der Waals surface area contributed by atoms with Crippen molar-refractivity contribution in [3.05, 3.63) is 118 Å². The molecule has 0 amide bonds. The summed E-state index contributed by atoms with van der Waals surface area (Å²) in [6.07, 6.45) is 5.15. The Balaban J connectivity index is 1.46. The van der Waals surface area contributed by atoms with Crippen LogP contribution in [0.1, 0.15) is 54.0 Å². The van der Waals surface area contributed by atoms with Crippen LogP contribution in [0.25, 0.3) is 10.8 Å². The lowest BCUT2D eigenvalue weighted by molar-refractivity contribution is 0.445. The number of benzene rings is 4. The predicted molar refractivity (Wildman–Crippen MR) is 133 cm³/mol. The molecule has 0 saturated heterocycles. The van der Waals surface area contributed by atoms with E-state index in [0.717, 1.165) is 35.1 Å². The van der Waals surface area contributed by atoms with Crippen LogP contribution < -0.4 is 0 Å². The Kier molecular flexibility index (Phi) is 7.87. The van der Waals surface area contributed by atoms with Crippen molar-refractivity contribution < 1.29 is 17.6 Å².